The number of fused-ring (bicyclic) bond motifs is 1. The molecule has 2 aromatic carbocycles. The Morgan fingerprint density at radius 1 is 1.12 bits per heavy atom. The third-order valence-electron chi connectivity index (χ3n) is 7.95. The second-order valence-electron chi connectivity index (χ2n) is 11.2. The fourth-order valence-electron chi connectivity index (χ4n) is 5.58. The standard InChI is InChI=1S/C32H42N8O/c1-7-14-39-31(41)28-21-33-32(34-26-12-13-29(24(5)19-26)38-17-15-36(6)16-18-38)35-30(28)40(39)27-11-9-10-25(20-27)22-37(8-2)23(3)4/h7,9-13,19-21,23H,1,8,14-18,22H2,2-6H3,(H,33,34,35). The van der Waals surface area contributed by atoms with E-state index in [-0.39, 0.29) is 5.56 Å². The molecule has 5 rings (SSSR count). The summed E-state index contributed by atoms with van der Waals surface area (Å²) < 4.78 is 3.56. The highest BCUT2D eigenvalue weighted by Crippen LogP contribution is 2.26. The Hall–Kier alpha value is -3.95. The molecule has 0 spiro atoms. The van der Waals surface area contributed by atoms with Gasteiger partial charge in [0.05, 0.1) is 12.2 Å². The van der Waals surface area contributed by atoms with Gasteiger partial charge in [0.2, 0.25) is 5.95 Å². The van der Waals surface area contributed by atoms with Crippen molar-refractivity contribution < 1.29 is 0 Å². The fraction of sp³-hybridized carbons (Fsp3) is 0.406. The number of hydrogen-bond acceptors (Lipinski definition) is 7. The van der Waals surface area contributed by atoms with Crippen LogP contribution in [0.15, 0.2) is 66.1 Å². The molecule has 9 heteroatoms. The van der Waals surface area contributed by atoms with E-state index in [1.807, 2.05) is 16.8 Å². The molecule has 3 heterocycles. The highest BCUT2D eigenvalue weighted by Gasteiger charge is 2.19. The van der Waals surface area contributed by atoms with Crippen molar-refractivity contribution in [2.75, 3.05) is 50.0 Å². The Kier molecular flexibility index (Phi) is 8.56. The number of anilines is 3. The molecule has 0 amide bonds. The lowest BCUT2D eigenvalue weighted by atomic mass is 10.1. The highest BCUT2D eigenvalue weighted by molar-refractivity contribution is 5.77. The third-order valence-corrected chi connectivity index (χ3v) is 7.95. The summed E-state index contributed by atoms with van der Waals surface area (Å²) in [6.07, 6.45) is 3.35. The van der Waals surface area contributed by atoms with Crippen molar-refractivity contribution in [3.8, 4) is 5.69 Å². The van der Waals surface area contributed by atoms with Crippen LogP contribution in [-0.4, -0.2) is 74.9 Å². The van der Waals surface area contributed by atoms with E-state index in [1.54, 1.807) is 17.0 Å². The molecule has 2 aromatic heterocycles. The quantitative estimate of drug-likeness (QED) is 0.282. The fourth-order valence-corrected chi connectivity index (χ4v) is 5.58. The van der Waals surface area contributed by atoms with Gasteiger partial charge in [0.15, 0.2) is 5.65 Å². The predicted octanol–water partition coefficient (Wildman–Crippen LogP) is 4.80. The van der Waals surface area contributed by atoms with Crippen LogP contribution in [0.3, 0.4) is 0 Å². The lowest BCUT2D eigenvalue weighted by molar-refractivity contribution is 0.225. The molecule has 0 atom stereocenters. The zero-order chi connectivity index (χ0) is 29.1. The Labute approximate surface area is 242 Å². The molecule has 9 nitrogen and oxygen atoms in total. The van der Waals surface area contributed by atoms with Gasteiger partial charge in [0.25, 0.3) is 5.56 Å². The van der Waals surface area contributed by atoms with E-state index >= 15 is 0 Å². The molecule has 1 N–H and O–H groups in total. The van der Waals surface area contributed by atoms with Crippen molar-refractivity contribution in [3.05, 3.63) is 82.8 Å². The van der Waals surface area contributed by atoms with Gasteiger partial charge in [-0.25, -0.2) is 14.3 Å². The van der Waals surface area contributed by atoms with Crippen LogP contribution in [0.4, 0.5) is 17.3 Å². The van der Waals surface area contributed by atoms with Crippen LogP contribution in [0.1, 0.15) is 31.9 Å². The topological polar surface area (TPSA) is 74.5 Å². The normalized spacial score (nSPS) is 14.4. The molecule has 1 aliphatic rings. The average Bonchev–Trinajstić information content (AvgIpc) is 3.23. The minimum Gasteiger partial charge on any atom is -0.369 e. The first-order chi connectivity index (χ1) is 19.8. The number of nitrogens with one attached hydrogen (secondary N) is 1. The van der Waals surface area contributed by atoms with E-state index in [1.165, 1.54) is 16.8 Å². The summed E-state index contributed by atoms with van der Waals surface area (Å²) in [6.45, 7) is 19.0. The smallest absolute Gasteiger partial charge is 0.278 e. The van der Waals surface area contributed by atoms with Crippen LogP contribution in [0.2, 0.25) is 0 Å². The van der Waals surface area contributed by atoms with Crippen LogP contribution in [0.5, 0.6) is 0 Å². The third kappa shape index (κ3) is 6.06. The zero-order valence-corrected chi connectivity index (χ0v) is 25.0. The molecular weight excluding hydrogens is 512 g/mol. The molecule has 1 fully saturated rings. The first kappa shape index (κ1) is 28.6. The Balaban J connectivity index is 1.49. The number of aromatic nitrogens is 4. The maximum Gasteiger partial charge on any atom is 0.278 e. The highest BCUT2D eigenvalue weighted by atomic mass is 16.1. The number of aryl methyl sites for hydroxylation is 1. The van der Waals surface area contributed by atoms with Crippen LogP contribution >= 0.6 is 0 Å². The van der Waals surface area contributed by atoms with Gasteiger partial charge in [0.1, 0.15) is 5.39 Å². The van der Waals surface area contributed by atoms with E-state index in [9.17, 15) is 4.79 Å². The first-order valence-corrected chi connectivity index (χ1v) is 14.5. The molecule has 1 saturated heterocycles. The molecule has 41 heavy (non-hydrogen) atoms. The maximum absolute atomic E-state index is 13.4. The second-order valence-corrected chi connectivity index (χ2v) is 11.2. The lowest BCUT2D eigenvalue weighted by Crippen LogP contribution is -2.44. The summed E-state index contributed by atoms with van der Waals surface area (Å²) in [5, 5.41) is 3.84. The van der Waals surface area contributed by atoms with E-state index in [2.05, 4.69) is 96.7 Å². The average molecular weight is 555 g/mol. The molecule has 0 unspecified atom stereocenters. The largest absolute Gasteiger partial charge is 0.369 e. The van der Waals surface area contributed by atoms with Gasteiger partial charge in [-0.3, -0.25) is 9.69 Å². The minimum absolute atomic E-state index is 0.137. The number of rotatable bonds is 10. The predicted molar refractivity (Wildman–Crippen MR) is 169 cm³/mol. The first-order valence-electron chi connectivity index (χ1n) is 14.5. The molecule has 0 radical (unpaired) electrons. The zero-order valence-electron chi connectivity index (χ0n) is 25.0. The number of allylic oxidation sites excluding steroid dienone is 1. The van der Waals surface area contributed by atoms with Gasteiger partial charge in [-0.1, -0.05) is 25.1 Å². The van der Waals surface area contributed by atoms with Crippen molar-refractivity contribution in [2.24, 2.45) is 0 Å². The van der Waals surface area contributed by atoms with Crippen LogP contribution in [0, 0.1) is 6.92 Å². The van der Waals surface area contributed by atoms with Gasteiger partial charge in [0, 0.05) is 56.3 Å². The van der Waals surface area contributed by atoms with Crippen LogP contribution in [-0.2, 0) is 13.1 Å². The van der Waals surface area contributed by atoms with Crippen LogP contribution < -0.4 is 15.8 Å². The SMILES string of the molecule is C=CCn1c(=O)c2cnc(Nc3ccc(N4CCN(C)CC4)c(C)c3)nc2n1-c1cccc(CN(CC)C(C)C)c1. The van der Waals surface area contributed by atoms with E-state index in [4.69, 9.17) is 4.98 Å². The molecule has 216 valence electrons. The summed E-state index contributed by atoms with van der Waals surface area (Å²) >= 11 is 0. The molecule has 4 aromatic rings. The molecule has 0 bridgehead atoms. The van der Waals surface area contributed by atoms with Crippen molar-refractivity contribution in [1.82, 2.24) is 29.1 Å². The maximum atomic E-state index is 13.4. The number of nitrogens with zero attached hydrogens (tertiary/aromatic N) is 7. The number of piperazine rings is 1. The van der Waals surface area contributed by atoms with Crippen molar-refractivity contribution in [1.29, 1.82) is 0 Å². The molecule has 0 saturated carbocycles. The van der Waals surface area contributed by atoms with Gasteiger partial charge >= 0.3 is 0 Å². The summed E-state index contributed by atoms with van der Waals surface area (Å²) in [5.74, 6) is 0.446. The Bertz CT molecular complexity index is 1580. The number of hydrogen-bond donors (Lipinski definition) is 1. The van der Waals surface area contributed by atoms with Gasteiger partial charge in [-0.05, 0) is 75.8 Å². The molecule has 1 aliphatic heterocycles. The monoisotopic (exact) mass is 554 g/mol. The van der Waals surface area contributed by atoms with Crippen molar-refractivity contribution >= 4 is 28.4 Å². The summed E-state index contributed by atoms with van der Waals surface area (Å²) in [4.78, 5) is 30.0. The lowest BCUT2D eigenvalue weighted by Gasteiger charge is -2.35. The van der Waals surface area contributed by atoms with Gasteiger partial charge in [-0.2, -0.15) is 4.98 Å². The summed E-state index contributed by atoms with van der Waals surface area (Å²) in [5.41, 5.74) is 5.86. The molecule has 0 aliphatic carbocycles. The number of likely N-dealkylation sites (N-methyl/N-ethyl adjacent to an activating group) is 1. The summed E-state index contributed by atoms with van der Waals surface area (Å²) in [6, 6.07) is 15.1. The number of benzene rings is 2. The van der Waals surface area contributed by atoms with Gasteiger partial charge in [-0.15, -0.1) is 6.58 Å². The van der Waals surface area contributed by atoms with Crippen molar-refractivity contribution in [2.45, 2.75) is 46.8 Å². The Morgan fingerprint density at radius 3 is 2.59 bits per heavy atom. The minimum atomic E-state index is -0.137. The van der Waals surface area contributed by atoms with E-state index in [0.29, 0.717) is 29.6 Å². The van der Waals surface area contributed by atoms with Crippen molar-refractivity contribution in [3.63, 3.8) is 0 Å². The van der Waals surface area contributed by atoms with Gasteiger partial charge < -0.3 is 15.1 Å². The van der Waals surface area contributed by atoms with E-state index < -0.39 is 0 Å². The Morgan fingerprint density at radius 2 is 1.90 bits per heavy atom. The molecular formula is C32H42N8O. The second kappa shape index (κ2) is 12.3. The van der Waals surface area contributed by atoms with E-state index in [0.717, 1.165) is 50.6 Å². The summed E-state index contributed by atoms with van der Waals surface area (Å²) in [7, 11) is 2.17. The van der Waals surface area contributed by atoms with Crippen LogP contribution in [0.25, 0.3) is 16.7 Å².